The number of aromatic nitrogens is 1. The standard InChI is InChI=1S/C28H29N5O6S2/c1-33(2)12-11-30-41(37,38)23-9-5-19(6-10-23)26(39-22-7-3-18(15-29)4-8-22)27(36)32-28-31-24-13-20(16-34)21(17-35)14-25(24)40-28/h3-10,13-14,26,30,34-35H,11-12,16-17H2,1-2H3,(H,31,32,36). The van der Waals surface area contributed by atoms with Gasteiger partial charge >= 0.3 is 0 Å². The molecule has 0 bridgehead atoms. The van der Waals surface area contributed by atoms with Gasteiger partial charge in [-0.25, -0.2) is 18.1 Å². The van der Waals surface area contributed by atoms with Crippen LogP contribution in [0.1, 0.15) is 28.4 Å². The first-order valence-electron chi connectivity index (χ1n) is 12.5. The Morgan fingerprint density at radius 2 is 1.73 bits per heavy atom. The zero-order valence-corrected chi connectivity index (χ0v) is 24.0. The van der Waals surface area contributed by atoms with Gasteiger partial charge in [0.25, 0.3) is 5.91 Å². The van der Waals surface area contributed by atoms with Gasteiger partial charge in [0.2, 0.25) is 16.1 Å². The monoisotopic (exact) mass is 595 g/mol. The molecule has 1 atom stereocenters. The Kier molecular flexibility index (Phi) is 9.66. The summed E-state index contributed by atoms with van der Waals surface area (Å²) in [4.78, 5) is 19.9. The molecule has 0 radical (unpaired) electrons. The summed E-state index contributed by atoms with van der Waals surface area (Å²) < 4.78 is 34.7. The molecule has 0 saturated carbocycles. The number of hydrogen-bond acceptors (Lipinski definition) is 10. The van der Waals surface area contributed by atoms with Crippen molar-refractivity contribution in [2.75, 3.05) is 32.5 Å². The minimum atomic E-state index is -3.75. The minimum absolute atomic E-state index is 0.0445. The summed E-state index contributed by atoms with van der Waals surface area (Å²) in [6.07, 6.45) is -1.19. The van der Waals surface area contributed by atoms with E-state index in [-0.39, 0.29) is 29.8 Å². The number of nitrogens with zero attached hydrogens (tertiary/aromatic N) is 3. The van der Waals surface area contributed by atoms with E-state index in [0.717, 1.165) is 0 Å². The lowest BCUT2D eigenvalue weighted by Gasteiger charge is -2.19. The number of hydrogen-bond donors (Lipinski definition) is 4. The van der Waals surface area contributed by atoms with E-state index in [2.05, 4.69) is 15.0 Å². The quantitative estimate of drug-likeness (QED) is 0.193. The van der Waals surface area contributed by atoms with Crippen LogP contribution in [-0.2, 0) is 28.0 Å². The Bertz CT molecular complexity index is 1620. The zero-order valence-electron chi connectivity index (χ0n) is 22.4. The van der Waals surface area contributed by atoms with Gasteiger partial charge < -0.3 is 19.8 Å². The van der Waals surface area contributed by atoms with Crippen LogP contribution < -0.4 is 14.8 Å². The number of fused-ring (bicyclic) bond motifs is 1. The normalized spacial score (nSPS) is 12.3. The number of ether oxygens (including phenoxy) is 1. The van der Waals surface area contributed by atoms with Crippen molar-refractivity contribution in [3.05, 3.63) is 82.9 Å². The molecule has 13 heteroatoms. The first kappa shape index (κ1) is 30.1. The number of rotatable bonds is 12. The molecule has 4 rings (SSSR count). The van der Waals surface area contributed by atoms with Crippen LogP contribution in [0.3, 0.4) is 0 Å². The van der Waals surface area contributed by atoms with E-state index in [0.29, 0.717) is 44.8 Å². The number of thiazole rings is 1. The maximum absolute atomic E-state index is 13.5. The molecule has 0 aliphatic carbocycles. The molecular weight excluding hydrogens is 566 g/mol. The summed E-state index contributed by atoms with van der Waals surface area (Å²) >= 11 is 1.20. The lowest BCUT2D eigenvalue weighted by molar-refractivity contribution is -0.123. The maximum atomic E-state index is 13.5. The molecule has 1 aromatic heterocycles. The zero-order chi connectivity index (χ0) is 29.6. The van der Waals surface area contributed by atoms with Crippen LogP contribution in [0.2, 0.25) is 0 Å². The molecule has 0 aliphatic rings. The second kappa shape index (κ2) is 13.2. The third kappa shape index (κ3) is 7.44. The number of carbonyl (C=O) groups is 1. The van der Waals surface area contributed by atoms with Crippen LogP contribution in [0.15, 0.2) is 65.6 Å². The number of aliphatic hydroxyl groups is 2. The molecule has 4 N–H and O–H groups in total. The number of sulfonamides is 1. The van der Waals surface area contributed by atoms with Crippen molar-refractivity contribution in [2.24, 2.45) is 0 Å². The molecule has 214 valence electrons. The van der Waals surface area contributed by atoms with Crippen molar-refractivity contribution in [3.8, 4) is 11.8 Å². The number of nitrogens with one attached hydrogen (secondary N) is 2. The molecule has 11 nitrogen and oxygen atoms in total. The van der Waals surface area contributed by atoms with Crippen LogP contribution in [0.25, 0.3) is 10.2 Å². The van der Waals surface area contributed by atoms with Crippen molar-refractivity contribution in [3.63, 3.8) is 0 Å². The topological polar surface area (TPSA) is 165 Å². The van der Waals surface area contributed by atoms with E-state index < -0.39 is 22.0 Å². The Hall–Kier alpha value is -3.90. The summed E-state index contributed by atoms with van der Waals surface area (Å²) in [5.41, 5.74) is 2.47. The van der Waals surface area contributed by atoms with Gasteiger partial charge in [0.1, 0.15) is 5.75 Å². The number of amides is 1. The molecule has 1 unspecified atom stereocenters. The largest absolute Gasteiger partial charge is 0.476 e. The van der Waals surface area contributed by atoms with Gasteiger partial charge in [-0.15, -0.1) is 0 Å². The lowest BCUT2D eigenvalue weighted by Crippen LogP contribution is -2.31. The third-order valence-corrected chi connectivity index (χ3v) is 8.51. The van der Waals surface area contributed by atoms with Crippen molar-refractivity contribution >= 4 is 42.6 Å². The second-order valence-corrected chi connectivity index (χ2v) is 12.1. The lowest BCUT2D eigenvalue weighted by atomic mass is 10.1. The van der Waals surface area contributed by atoms with Gasteiger partial charge in [-0.2, -0.15) is 5.26 Å². The molecule has 3 aromatic carbocycles. The van der Waals surface area contributed by atoms with Crippen LogP contribution in [0.5, 0.6) is 5.75 Å². The molecule has 0 spiro atoms. The first-order chi connectivity index (χ1) is 19.6. The second-order valence-electron chi connectivity index (χ2n) is 9.32. The molecule has 0 saturated heterocycles. The predicted molar refractivity (Wildman–Crippen MR) is 155 cm³/mol. The van der Waals surface area contributed by atoms with Gasteiger partial charge in [-0.3, -0.25) is 10.1 Å². The summed E-state index contributed by atoms with van der Waals surface area (Å²) in [6.45, 7) is 0.267. The maximum Gasteiger partial charge on any atom is 0.271 e. The van der Waals surface area contributed by atoms with Gasteiger partial charge in [0.15, 0.2) is 5.13 Å². The fraction of sp³-hybridized carbons (Fsp3) is 0.250. The van der Waals surface area contributed by atoms with E-state index in [4.69, 9.17) is 10.00 Å². The van der Waals surface area contributed by atoms with Crippen LogP contribution in [-0.4, -0.2) is 61.6 Å². The Labute approximate surface area is 241 Å². The summed E-state index contributed by atoms with van der Waals surface area (Å²) in [6, 6.07) is 17.5. The highest BCUT2D eigenvalue weighted by molar-refractivity contribution is 7.89. The van der Waals surface area contributed by atoms with Crippen molar-refractivity contribution < 1.29 is 28.2 Å². The molecule has 1 heterocycles. The van der Waals surface area contributed by atoms with Crippen LogP contribution in [0, 0.1) is 11.3 Å². The Morgan fingerprint density at radius 1 is 1.07 bits per heavy atom. The van der Waals surface area contributed by atoms with Gasteiger partial charge in [-0.1, -0.05) is 23.5 Å². The SMILES string of the molecule is CN(C)CCNS(=O)(=O)c1ccc(C(Oc2ccc(C#N)cc2)C(=O)Nc2nc3cc(CO)c(CO)cc3s2)cc1. The van der Waals surface area contributed by atoms with Crippen molar-refractivity contribution in [1.82, 2.24) is 14.6 Å². The van der Waals surface area contributed by atoms with E-state index >= 15 is 0 Å². The summed E-state index contributed by atoms with van der Waals surface area (Å²) in [5, 5.41) is 31.3. The highest BCUT2D eigenvalue weighted by Gasteiger charge is 2.25. The third-order valence-electron chi connectivity index (χ3n) is 6.10. The molecule has 0 aliphatic heterocycles. The van der Waals surface area contributed by atoms with Gasteiger partial charge in [-0.05, 0) is 73.8 Å². The van der Waals surface area contributed by atoms with Gasteiger partial charge in [0, 0.05) is 18.7 Å². The highest BCUT2D eigenvalue weighted by atomic mass is 32.2. The number of carbonyl (C=O) groups excluding carboxylic acids is 1. The molecular formula is C28H29N5O6S2. The number of likely N-dealkylation sites (N-methyl/N-ethyl adjacent to an activating group) is 1. The fourth-order valence-electron chi connectivity index (χ4n) is 3.90. The van der Waals surface area contributed by atoms with Crippen molar-refractivity contribution in [1.29, 1.82) is 5.26 Å². The molecule has 1 amide bonds. The number of benzene rings is 3. The predicted octanol–water partition coefficient (Wildman–Crippen LogP) is 2.75. The number of aliphatic hydroxyl groups excluding tert-OH is 2. The summed E-state index contributed by atoms with van der Waals surface area (Å²) in [7, 11) is -0.0679. The Morgan fingerprint density at radius 3 is 2.34 bits per heavy atom. The van der Waals surface area contributed by atoms with E-state index in [9.17, 15) is 23.4 Å². The average Bonchev–Trinajstić information content (AvgIpc) is 3.36. The Balaban J connectivity index is 1.61. The highest BCUT2D eigenvalue weighted by Crippen LogP contribution is 2.31. The van der Waals surface area contributed by atoms with E-state index in [1.807, 2.05) is 25.1 Å². The smallest absolute Gasteiger partial charge is 0.271 e. The average molecular weight is 596 g/mol. The molecule has 0 fully saturated rings. The fourth-order valence-corrected chi connectivity index (χ4v) is 5.84. The number of anilines is 1. The summed E-state index contributed by atoms with van der Waals surface area (Å²) in [5.74, 6) is -0.228. The number of nitriles is 1. The van der Waals surface area contributed by atoms with Crippen molar-refractivity contribution in [2.45, 2.75) is 24.2 Å². The minimum Gasteiger partial charge on any atom is -0.476 e. The molecule has 41 heavy (non-hydrogen) atoms. The van der Waals surface area contributed by atoms with Gasteiger partial charge in [0.05, 0.1) is 40.0 Å². The van der Waals surface area contributed by atoms with Crippen LogP contribution >= 0.6 is 11.3 Å². The van der Waals surface area contributed by atoms with Crippen LogP contribution in [0.4, 0.5) is 5.13 Å². The first-order valence-corrected chi connectivity index (χ1v) is 14.8. The molecule has 4 aromatic rings. The van der Waals surface area contributed by atoms with E-state index in [1.54, 1.807) is 36.4 Å². The van der Waals surface area contributed by atoms with E-state index in [1.165, 1.54) is 35.6 Å².